The first-order chi connectivity index (χ1) is 8.09. The molecule has 0 saturated carbocycles. The monoisotopic (exact) mass is 231 g/mol. The van der Waals surface area contributed by atoms with Crippen molar-refractivity contribution in [1.29, 1.82) is 0 Å². The lowest BCUT2D eigenvalue weighted by Crippen LogP contribution is -2.30. The Morgan fingerprint density at radius 1 is 1.29 bits per heavy atom. The van der Waals surface area contributed by atoms with Gasteiger partial charge in [-0.25, -0.2) is 0 Å². The highest BCUT2D eigenvalue weighted by atomic mass is 16.2. The number of hydrogen-bond acceptors (Lipinski definition) is 3. The van der Waals surface area contributed by atoms with Gasteiger partial charge in [-0.15, -0.1) is 0 Å². The van der Waals surface area contributed by atoms with Crippen LogP contribution in [0.5, 0.6) is 0 Å². The quantitative estimate of drug-likeness (QED) is 0.741. The number of ketones is 1. The number of nitrogens with zero attached hydrogens (tertiary/aromatic N) is 1. The minimum absolute atomic E-state index is 0.0638. The first kappa shape index (κ1) is 11.5. The molecule has 0 N–H and O–H groups in total. The zero-order chi connectivity index (χ0) is 12.4. The van der Waals surface area contributed by atoms with E-state index in [9.17, 15) is 14.4 Å². The first-order valence-corrected chi connectivity index (χ1v) is 5.51. The zero-order valence-electron chi connectivity index (χ0n) is 9.55. The number of rotatable bonds is 3. The third kappa shape index (κ3) is 2.25. The van der Waals surface area contributed by atoms with Crippen LogP contribution < -0.4 is 4.90 Å². The molecule has 0 bridgehead atoms. The number of anilines is 1. The van der Waals surface area contributed by atoms with Crippen molar-refractivity contribution in [3.63, 3.8) is 0 Å². The number of benzene rings is 1. The lowest BCUT2D eigenvalue weighted by atomic mass is 10.0. The zero-order valence-corrected chi connectivity index (χ0v) is 9.55. The molecule has 1 aliphatic heterocycles. The molecule has 1 heterocycles. The highest BCUT2D eigenvalue weighted by molar-refractivity contribution is 6.21. The number of Topliss-reactive ketones (excluding diaryl/α,β-unsaturated/α-hetero) is 1. The van der Waals surface area contributed by atoms with Crippen molar-refractivity contribution in [3.8, 4) is 0 Å². The summed E-state index contributed by atoms with van der Waals surface area (Å²) in [4.78, 5) is 36.0. The Labute approximate surface area is 99.2 Å². The second-order valence-corrected chi connectivity index (χ2v) is 4.21. The van der Waals surface area contributed by atoms with Crippen LogP contribution in [0.2, 0.25) is 0 Å². The van der Waals surface area contributed by atoms with Crippen molar-refractivity contribution in [2.24, 2.45) is 5.92 Å². The van der Waals surface area contributed by atoms with Crippen LogP contribution >= 0.6 is 0 Å². The van der Waals surface area contributed by atoms with Crippen LogP contribution in [0.25, 0.3) is 0 Å². The smallest absolute Gasteiger partial charge is 0.237 e. The SMILES string of the molecule is CC(=O)C[C@H]1CC(=O)N(c2ccccc2)C1=O. The van der Waals surface area contributed by atoms with E-state index in [1.807, 2.05) is 6.07 Å². The van der Waals surface area contributed by atoms with E-state index in [2.05, 4.69) is 0 Å². The topological polar surface area (TPSA) is 54.5 Å². The average Bonchev–Trinajstić information content (AvgIpc) is 2.54. The minimum atomic E-state index is -0.486. The van der Waals surface area contributed by atoms with Crippen molar-refractivity contribution >= 4 is 23.3 Å². The lowest BCUT2D eigenvalue weighted by Gasteiger charge is -2.14. The van der Waals surface area contributed by atoms with Gasteiger partial charge in [0.2, 0.25) is 11.8 Å². The highest BCUT2D eigenvalue weighted by Gasteiger charge is 2.39. The Balaban J connectivity index is 2.23. The molecule has 1 atom stereocenters. The molecule has 17 heavy (non-hydrogen) atoms. The second-order valence-electron chi connectivity index (χ2n) is 4.21. The molecule has 0 radical (unpaired) electrons. The van der Waals surface area contributed by atoms with E-state index in [1.54, 1.807) is 24.3 Å². The Hall–Kier alpha value is -1.97. The van der Waals surface area contributed by atoms with Crippen molar-refractivity contribution in [2.75, 3.05) is 4.90 Å². The summed E-state index contributed by atoms with van der Waals surface area (Å²) in [6.45, 7) is 1.43. The number of carbonyl (C=O) groups is 3. The molecule has 2 rings (SSSR count). The van der Waals surface area contributed by atoms with Gasteiger partial charge in [-0.05, 0) is 19.1 Å². The van der Waals surface area contributed by atoms with Crippen molar-refractivity contribution < 1.29 is 14.4 Å². The second kappa shape index (κ2) is 4.49. The van der Waals surface area contributed by atoms with Crippen LogP contribution in [-0.2, 0) is 14.4 Å². The van der Waals surface area contributed by atoms with Gasteiger partial charge in [-0.3, -0.25) is 14.5 Å². The minimum Gasteiger partial charge on any atom is -0.300 e. The largest absolute Gasteiger partial charge is 0.300 e. The Morgan fingerprint density at radius 2 is 1.94 bits per heavy atom. The number of para-hydroxylation sites is 1. The van der Waals surface area contributed by atoms with Gasteiger partial charge in [-0.2, -0.15) is 0 Å². The molecular formula is C13H13NO3. The molecule has 1 fully saturated rings. The van der Waals surface area contributed by atoms with Gasteiger partial charge in [-0.1, -0.05) is 18.2 Å². The van der Waals surface area contributed by atoms with E-state index in [4.69, 9.17) is 0 Å². The van der Waals surface area contributed by atoms with E-state index < -0.39 is 5.92 Å². The van der Waals surface area contributed by atoms with Crippen LogP contribution in [0.1, 0.15) is 19.8 Å². The summed E-state index contributed by atoms with van der Waals surface area (Å²) in [6.07, 6.45) is 0.279. The van der Waals surface area contributed by atoms with E-state index in [-0.39, 0.29) is 30.4 Å². The Bertz CT molecular complexity index is 467. The highest BCUT2D eigenvalue weighted by Crippen LogP contribution is 2.28. The number of carbonyl (C=O) groups excluding carboxylic acids is 3. The van der Waals surface area contributed by atoms with Crippen molar-refractivity contribution in [1.82, 2.24) is 0 Å². The third-order valence-electron chi connectivity index (χ3n) is 2.79. The molecule has 0 unspecified atom stereocenters. The fraction of sp³-hybridized carbons (Fsp3) is 0.308. The first-order valence-electron chi connectivity index (χ1n) is 5.51. The summed E-state index contributed by atoms with van der Waals surface area (Å²) in [5.74, 6) is -1.05. The third-order valence-corrected chi connectivity index (χ3v) is 2.79. The van der Waals surface area contributed by atoms with Crippen LogP contribution in [0, 0.1) is 5.92 Å². The molecule has 0 aliphatic carbocycles. The maximum Gasteiger partial charge on any atom is 0.237 e. The molecule has 0 spiro atoms. The lowest BCUT2D eigenvalue weighted by molar-refractivity contribution is -0.125. The molecular weight excluding hydrogens is 218 g/mol. The molecule has 1 aromatic rings. The van der Waals surface area contributed by atoms with Gasteiger partial charge in [0, 0.05) is 12.8 Å². The Kier molecular flexibility index (Phi) is 3.04. The molecule has 1 aromatic carbocycles. The van der Waals surface area contributed by atoms with Gasteiger partial charge in [0.15, 0.2) is 0 Å². The molecule has 1 saturated heterocycles. The predicted molar refractivity (Wildman–Crippen MR) is 62.3 cm³/mol. The molecule has 0 aromatic heterocycles. The summed E-state index contributed by atoms with van der Waals surface area (Å²) < 4.78 is 0. The van der Waals surface area contributed by atoms with Crippen LogP contribution in [0.4, 0.5) is 5.69 Å². The van der Waals surface area contributed by atoms with Crippen LogP contribution in [0.3, 0.4) is 0 Å². The van der Waals surface area contributed by atoms with E-state index >= 15 is 0 Å². The molecule has 2 amide bonds. The normalized spacial score (nSPS) is 19.8. The van der Waals surface area contributed by atoms with E-state index in [0.29, 0.717) is 5.69 Å². The molecule has 4 heteroatoms. The van der Waals surface area contributed by atoms with Crippen molar-refractivity contribution in [3.05, 3.63) is 30.3 Å². The number of amides is 2. The average molecular weight is 231 g/mol. The van der Waals surface area contributed by atoms with Gasteiger partial charge in [0.25, 0.3) is 0 Å². The van der Waals surface area contributed by atoms with Crippen LogP contribution in [-0.4, -0.2) is 17.6 Å². The fourth-order valence-electron chi connectivity index (χ4n) is 2.05. The summed E-state index contributed by atoms with van der Waals surface area (Å²) in [7, 11) is 0. The maximum atomic E-state index is 12.0. The summed E-state index contributed by atoms with van der Waals surface area (Å²) >= 11 is 0. The molecule has 4 nitrogen and oxygen atoms in total. The summed E-state index contributed by atoms with van der Waals surface area (Å²) in [5.41, 5.74) is 0.577. The van der Waals surface area contributed by atoms with E-state index in [1.165, 1.54) is 11.8 Å². The van der Waals surface area contributed by atoms with Crippen LogP contribution in [0.15, 0.2) is 30.3 Å². The number of hydrogen-bond donors (Lipinski definition) is 0. The van der Waals surface area contributed by atoms with Crippen molar-refractivity contribution in [2.45, 2.75) is 19.8 Å². The standard InChI is InChI=1S/C13H13NO3/c1-9(15)7-10-8-12(16)14(13(10)17)11-5-3-2-4-6-11/h2-6,10H,7-8H2,1H3/t10-/m0/s1. The predicted octanol–water partition coefficient (Wildman–Crippen LogP) is 1.55. The fourth-order valence-corrected chi connectivity index (χ4v) is 2.05. The van der Waals surface area contributed by atoms with Gasteiger partial charge in [0.05, 0.1) is 11.6 Å². The Morgan fingerprint density at radius 3 is 2.53 bits per heavy atom. The van der Waals surface area contributed by atoms with Gasteiger partial charge < -0.3 is 4.79 Å². The van der Waals surface area contributed by atoms with E-state index in [0.717, 1.165) is 0 Å². The maximum absolute atomic E-state index is 12.0. The molecule has 88 valence electrons. The molecule has 1 aliphatic rings. The summed E-state index contributed by atoms with van der Waals surface area (Å²) in [5, 5.41) is 0. The number of imide groups is 1. The van der Waals surface area contributed by atoms with Gasteiger partial charge >= 0.3 is 0 Å². The van der Waals surface area contributed by atoms with Gasteiger partial charge in [0.1, 0.15) is 5.78 Å². The summed E-state index contributed by atoms with van der Waals surface area (Å²) in [6, 6.07) is 8.79.